The molecular weight excluding hydrogens is 575 g/mol. The lowest BCUT2D eigenvalue weighted by atomic mass is 10.0. The van der Waals surface area contributed by atoms with Gasteiger partial charge in [0.2, 0.25) is 0 Å². The molecule has 0 N–H and O–H groups in total. The molecule has 0 bridgehead atoms. The van der Waals surface area contributed by atoms with Gasteiger partial charge in [-0.2, -0.15) is 0 Å². The minimum Gasteiger partial charge on any atom is -0.496 e. The molecule has 2 aromatic carbocycles. The molecule has 0 saturated carbocycles. The highest BCUT2D eigenvalue weighted by Gasteiger charge is 2.37. The van der Waals surface area contributed by atoms with Gasteiger partial charge in [0, 0.05) is 10.4 Å². The van der Waals surface area contributed by atoms with Crippen LogP contribution in [-0.4, -0.2) is 34.6 Å². The summed E-state index contributed by atoms with van der Waals surface area (Å²) in [6.07, 6.45) is -0.398. The molecule has 0 aliphatic carbocycles. The van der Waals surface area contributed by atoms with Crippen molar-refractivity contribution in [3.05, 3.63) is 96.8 Å². The molecule has 4 aromatic rings. The summed E-state index contributed by atoms with van der Waals surface area (Å²) in [5.74, 6) is -1.29. The molecule has 0 saturated heterocycles. The molecule has 228 valence electrons. The van der Waals surface area contributed by atoms with Crippen LogP contribution in [0.25, 0.3) is 10.2 Å². The zero-order valence-corrected chi connectivity index (χ0v) is 25.9. The maximum absolute atomic E-state index is 14.4. The Morgan fingerprint density at radius 1 is 1.09 bits per heavy atom. The average molecular weight is 611 g/mol. The van der Waals surface area contributed by atoms with Gasteiger partial charge in [-0.1, -0.05) is 37.3 Å². The van der Waals surface area contributed by atoms with Crippen LogP contribution >= 0.6 is 11.3 Å². The first-order chi connectivity index (χ1) is 20.4. The summed E-state index contributed by atoms with van der Waals surface area (Å²) in [6, 6.07) is 13.0. The summed E-state index contributed by atoms with van der Waals surface area (Å²) in [5, 5.41) is 0.293. The molecule has 4 rings (SSSR count). The fourth-order valence-electron chi connectivity index (χ4n) is 4.96. The third-order valence-electron chi connectivity index (χ3n) is 7.28. The van der Waals surface area contributed by atoms with E-state index in [2.05, 4.69) is 0 Å². The first kappa shape index (κ1) is 31.8. The molecule has 0 unspecified atom stereocenters. The number of hydrogen-bond donors (Lipinski definition) is 0. The number of aryl methyl sites for hydroxylation is 2. The van der Waals surface area contributed by atoms with Crippen LogP contribution in [-0.2, 0) is 44.2 Å². The maximum atomic E-state index is 14.4. The number of carbonyl (C=O) groups excluding carboxylic acids is 2. The highest BCUT2D eigenvalue weighted by molar-refractivity contribution is 7.18. The van der Waals surface area contributed by atoms with Crippen molar-refractivity contribution in [2.75, 3.05) is 13.7 Å². The number of halogens is 1. The molecule has 0 aliphatic heterocycles. The number of rotatable bonds is 12. The Labute approximate surface area is 252 Å². The van der Waals surface area contributed by atoms with Crippen molar-refractivity contribution in [3.8, 4) is 5.75 Å². The lowest BCUT2D eigenvalue weighted by Gasteiger charge is -2.27. The number of thiophene rings is 1. The Balaban J connectivity index is 1.90. The van der Waals surface area contributed by atoms with Gasteiger partial charge in [0.05, 0.1) is 19.0 Å². The Morgan fingerprint density at radius 3 is 2.42 bits per heavy atom. The summed E-state index contributed by atoms with van der Waals surface area (Å²) in [4.78, 5) is 54.9. The molecule has 1 atom stereocenters. The minimum atomic E-state index is -1.69. The summed E-state index contributed by atoms with van der Waals surface area (Å²) >= 11 is 1.29. The zero-order valence-electron chi connectivity index (χ0n) is 25.1. The summed E-state index contributed by atoms with van der Waals surface area (Å²) < 4.78 is 33.6. The average Bonchev–Trinajstić information content (AvgIpc) is 3.32. The number of methoxy groups -OCH3 is 1. The summed E-state index contributed by atoms with van der Waals surface area (Å²) in [7, 11) is 1.42. The van der Waals surface area contributed by atoms with E-state index >= 15 is 0 Å². The van der Waals surface area contributed by atoms with Crippen LogP contribution in [0.15, 0.2) is 58.1 Å². The SMILES string of the molecule is CCc1sc2c(c1C)c(=O)n(C(C)(C)C(=O)OCc1ccccc1)c(=O)n2C[C@H](OCC(C)=O)c1cc(F)ccc1OC. The second-order valence-corrected chi connectivity index (χ2v) is 11.8. The van der Waals surface area contributed by atoms with Crippen LogP contribution in [0.2, 0.25) is 0 Å². The van der Waals surface area contributed by atoms with E-state index in [1.165, 1.54) is 62.0 Å². The largest absolute Gasteiger partial charge is 0.496 e. The van der Waals surface area contributed by atoms with Crippen molar-refractivity contribution in [2.45, 2.75) is 65.8 Å². The van der Waals surface area contributed by atoms with Gasteiger partial charge in [-0.3, -0.25) is 14.2 Å². The second-order valence-electron chi connectivity index (χ2n) is 10.7. The van der Waals surface area contributed by atoms with Crippen LogP contribution in [0.4, 0.5) is 4.39 Å². The predicted octanol–water partition coefficient (Wildman–Crippen LogP) is 5.07. The summed E-state index contributed by atoms with van der Waals surface area (Å²) in [6.45, 7) is 7.49. The molecule has 0 fully saturated rings. The Kier molecular flexibility index (Phi) is 9.66. The number of esters is 1. The van der Waals surface area contributed by atoms with Crippen molar-refractivity contribution in [3.63, 3.8) is 0 Å². The second kappa shape index (κ2) is 13.0. The predicted molar refractivity (Wildman–Crippen MR) is 162 cm³/mol. The van der Waals surface area contributed by atoms with Gasteiger partial charge in [0.15, 0.2) is 5.78 Å². The standard InChI is InChI=1S/C32H35FN2O7S/c1-7-26-20(3)27-28(37)35(32(4,5)30(38)42-18-21-11-9-8-10-12-21)31(39)34(29(27)43-26)16-25(41-17-19(2)36)23-15-22(33)13-14-24(23)40-6/h8-15,25H,7,16-18H2,1-6H3/t25-/m0/s1. The van der Waals surface area contributed by atoms with Crippen LogP contribution in [0, 0.1) is 12.7 Å². The van der Waals surface area contributed by atoms with E-state index < -0.39 is 34.7 Å². The fourth-order valence-corrected chi connectivity index (χ4v) is 6.19. The van der Waals surface area contributed by atoms with E-state index in [9.17, 15) is 23.6 Å². The molecular formula is C32H35FN2O7S. The zero-order chi connectivity index (χ0) is 31.5. The normalized spacial score (nSPS) is 12.3. The van der Waals surface area contributed by atoms with Crippen molar-refractivity contribution in [2.24, 2.45) is 0 Å². The molecule has 2 aromatic heterocycles. The van der Waals surface area contributed by atoms with Gasteiger partial charge < -0.3 is 14.2 Å². The first-order valence-corrected chi connectivity index (χ1v) is 14.7. The third-order valence-corrected chi connectivity index (χ3v) is 8.74. The number of hydrogen-bond acceptors (Lipinski definition) is 8. The fraction of sp³-hybridized carbons (Fsp3) is 0.375. The van der Waals surface area contributed by atoms with Gasteiger partial charge >= 0.3 is 11.7 Å². The van der Waals surface area contributed by atoms with Crippen LogP contribution in [0.3, 0.4) is 0 Å². The number of nitrogens with zero attached hydrogens (tertiary/aromatic N) is 2. The van der Waals surface area contributed by atoms with Gasteiger partial charge in [0.25, 0.3) is 5.56 Å². The van der Waals surface area contributed by atoms with Gasteiger partial charge in [-0.05, 0) is 63.4 Å². The number of fused-ring (bicyclic) bond motifs is 1. The molecule has 0 radical (unpaired) electrons. The monoisotopic (exact) mass is 610 g/mol. The number of Topliss-reactive ketones (excluding diaryl/α,β-unsaturated/α-hetero) is 1. The number of ketones is 1. The van der Waals surface area contributed by atoms with E-state index in [0.29, 0.717) is 28.0 Å². The number of ether oxygens (including phenoxy) is 3. The van der Waals surface area contributed by atoms with E-state index in [1.54, 1.807) is 19.1 Å². The van der Waals surface area contributed by atoms with Crippen LogP contribution in [0.1, 0.15) is 55.4 Å². The molecule has 9 nitrogen and oxygen atoms in total. The van der Waals surface area contributed by atoms with Gasteiger partial charge in [-0.15, -0.1) is 11.3 Å². The number of aromatic nitrogens is 2. The topological polar surface area (TPSA) is 106 Å². The molecule has 0 aliphatic rings. The van der Waals surface area contributed by atoms with Crippen molar-refractivity contribution < 1.29 is 28.2 Å². The van der Waals surface area contributed by atoms with Crippen molar-refractivity contribution >= 4 is 33.3 Å². The van der Waals surface area contributed by atoms with Gasteiger partial charge in [-0.25, -0.2) is 18.5 Å². The van der Waals surface area contributed by atoms with E-state index in [-0.39, 0.29) is 31.1 Å². The summed E-state index contributed by atoms with van der Waals surface area (Å²) in [5.41, 5.74) is -1.33. The lowest BCUT2D eigenvalue weighted by molar-refractivity contribution is -0.154. The Bertz CT molecular complexity index is 1770. The molecule has 0 amide bonds. The first-order valence-electron chi connectivity index (χ1n) is 13.8. The molecule has 0 spiro atoms. The van der Waals surface area contributed by atoms with E-state index in [1.807, 2.05) is 25.1 Å². The van der Waals surface area contributed by atoms with Crippen molar-refractivity contribution in [1.82, 2.24) is 9.13 Å². The highest BCUT2D eigenvalue weighted by atomic mass is 32.1. The lowest BCUT2D eigenvalue weighted by Crippen LogP contribution is -2.53. The number of carbonyl (C=O) groups is 2. The molecule has 43 heavy (non-hydrogen) atoms. The quantitative estimate of drug-likeness (QED) is 0.206. The molecule has 2 heterocycles. The Hall–Kier alpha value is -4.09. The Morgan fingerprint density at radius 2 is 1.79 bits per heavy atom. The van der Waals surface area contributed by atoms with E-state index in [0.717, 1.165) is 15.0 Å². The van der Waals surface area contributed by atoms with Crippen LogP contribution < -0.4 is 16.0 Å². The third kappa shape index (κ3) is 6.47. The van der Waals surface area contributed by atoms with E-state index in [4.69, 9.17) is 14.2 Å². The minimum absolute atomic E-state index is 0.0356. The van der Waals surface area contributed by atoms with Crippen molar-refractivity contribution in [1.29, 1.82) is 0 Å². The molecule has 11 heteroatoms. The smallest absolute Gasteiger partial charge is 0.333 e. The van der Waals surface area contributed by atoms with Gasteiger partial charge in [0.1, 0.15) is 41.3 Å². The number of benzene rings is 2. The maximum Gasteiger partial charge on any atom is 0.333 e. The van der Waals surface area contributed by atoms with Crippen LogP contribution in [0.5, 0.6) is 5.75 Å². The highest BCUT2D eigenvalue weighted by Crippen LogP contribution is 2.33.